The molecule has 2 aliphatic rings. The van der Waals surface area contributed by atoms with Crippen LogP contribution in [0, 0.1) is 17.8 Å². The van der Waals surface area contributed by atoms with Crippen LogP contribution in [0.3, 0.4) is 0 Å². The van der Waals surface area contributed by atoms with E-state index in [4.69, 9.17) is 4.74 Å². The van der Waals surface area contributed by atoms with E-state index < -0.39 is 23.8 Å². The number of carbonyl (C=O) groups is 3. The van der Waals surface area contributed by atoms with Gasteiger partial charge in [-0.1, -0.05) is 19.1 Å². The Labute approximate surface area is 156 Å². The summed E-state index contributed by atoms with van der Waals surface area (Å²) in [6, 6.07) is 0. The van der Waals surface area contributed by atoms with Gasteiger partial charge in [0.1, 0.15) is 5.00 Å². The maximum absolute atomic E-state index is 12.7. The molecule has 1 aromatic rings. The quantitative estimate of drug-likeness (QED) is 0.640. The van der Waals surface area contributed by atoms with E-state index in [0.29, 0.717) is 22.9 Å². The SMILES string of the molecule is COC(=O)c1c(NC(=O)[C@@H]2CC=CC[C@@H]2C(=O)[O-])sc2c1CC[C@H](C)C2. The van der Waals surface area contributed by atoms with E-state index in [1.165, 1.54) is 18.4 Å². The molecule has 0 bridgehead atoms. The van der Waals surface area contributed by atoms with Crippen molar-refractivity contribution in [2.45, 2.75) is 39.0 Å². The fourth-order valence-electron chi connectivity index (χ4n) is 3.73. The Balaban J connectivity index is 1.89. The average Bonchev–Trinajstić information content (AvgIpc) is 2.97. The largest absolute Gasteiger partial charge is 0.550 e. The van der Waals surface area contributed by atoms with Crippen LogP contribution in [0.1, 0.15) is 47.0 Å². The van der Waals surface area contributed by atoms with Gasteiger partial charge in [0.05, 0.1) is 18.6 Å². The molecule has 1 aromatic heterocycles. The highest BCUT2D eigenvalue weighted by Crippen LogP contribution is 2.40. The second-order valence-electron chi connectivity index (χ2n) is 7.01. The number of carboxylic acid groups (broad SMARTS) is 1. The number of hydrogen-bond acceptors (Lipinski definition) is 6. The zero-order valence-electron chi connectivity index (χ0n) is 14.9. The van der Waals surface area contributed by atoms with Crippen molar-refractivity contribution < 1.29 is 24.2 Å². The zero-order valence-corrected chi connectivity index (χ0v) is 15.7. The van der Waals surface area contributed by atoms with Crippen LogP contribution in [-0.2, 0) is 27.2 Å². The number of rotatable bonds is 4. The van der Waals surface area contributed by atoms with Gasteiger partial charge in [0.15, 0.2) is 0 Å². The highest BCUT2D eigenvalue weighted by Gasteiger charge is 2.33. The van der Waals surface area contributed by atoms with Gasteiger partial charge in [-0.2, -0.15) is 0 Å². The Morgan fingerprint density at radius 2 is 1.92 bits per heavy atom. The molecule has 0 aromatic carbocycles. The third-order valence-corrected chi connectivity index (χ3v) is 6.38. The second-order valence-corrected chi connectivity index (χ2v) is 8.12. The number of carboxylic acids is 1. The van der Waals surface area contributed by atoms with Gasteiger partial charge in [0.2, 0.25) is 5.91 Å². The minimum absolute atomic E-state index is 0.280. The molecule has 0 fully saturated rings. The molecule has 0 spiro atoms. The summed E-state index contributed by atoms with van der Waals surface area (Å²) in [5.74, 6) is -3.10. The van der Waals surface area contributed by atoms with Crippen molar-refractivity contribution in [2.24, 2.45) is 17.8 Å². The first-order valence-corrected chi connectivity index (χ1v) is 9.63. The van der Waals surface area contributed by atoms with E-state index in [1.54, 1.807) is 6.08 Å². The van der Waals surface area contributed by atoms with Gasteiger partial charge in [-0.05, 0) is 43.6 Å². The van der Waals surface area contributed by atoms with Crippen LogP contribution in [-0.4, -0.2) is 25.0 Å². The standard InChI is InChI=1S/C19H23NO5S/c1-10-7-8-13-14(9-10)26-17(15(13)19(24)25-2)20-16(21)11-5-3-4-6-12(11)18(22)23/h3-4,10-12H,5-9H2,1-2H3,(H,20,21)(H,22,23)/p-1/t10-,11+,12-/m0/s1. The van der Waals surface area contributed by atoms with Gasteiger partial charge in [-0.3, -0.25) is 4.79 Å². The highest BCUT2D eigenvalue weighted by atomic mass is 32.1. The Kier molecular flexibility index (Phi) is 5.46. The van der Waals surface area contributed by atoms with Crippen LogP contribution in [0.4, 0.5) is 5.00 Å². The van der Waals surface area contributed by atoms with Crippen LogP contribution in [0.25, 0.3) is 0 Å². The molecule has 0 saturated heterocycles. The van der Waals surface area contributed by atoms with Gasteiger partial charge in [-0.25, -0.2) is 4.79 Å². The maximum atomic E-state index is 12.7. The number of fused-ring (bicyclic) bond motifs is 1. The fourth-order valence-corrected chi connectivity index (χ4v) is 5.13. The predicted octanol–water partition coefficient (Wildman–Crippen LogP) is 1.93. The van der Waals surface area contributed by atoms with Crippen molar-refractivity contribution in [2.75, 3.05) is 12.4 Å². The summed E-state index contributed by atoms with van der Waals surface area (Å²) in [7, 11) is 1.32. The lowest BCUT2D eigenvalue weighted by Crippen LogP contribution is -2.41. The number of nitrogens with one attached hydrogen (secondary N) is 1. The minimum Gasteiger partial charge on any atom is -0.550 e. The topological polar surface area (TPSA) is 95.5 Å². The molecule has 26 heavy (non-hydrogen) atoms. The van der Waals surface area contributed by atoms with Crippen LogP contribution < -0.4 is 10.4 Å². The molecule has 0 unspecified atom stereocenters. The molecule has 0 saturated carbocycles. The first-order valence-electron chi connectivity index (χ1n) is 8.82. The normalized spacial score (nSPS) is 24.6. The number of amides is 1. The number of thiophene rings is 1. The van der Waals surface area contributed by atoms with Crippen molar-refractivity contribution in [3.63, 3.8) is 0 Å². The van der Waals surface area contributed by atoms with Crippen LogP contribution in [0.5, 0.6) is 0 Å². The van der Waals surface area contributed by atoms with Crippen molar-refractivity contribution in [1.29, 1.82) is 0 Å². The maximum Gasteiger partial charge on any atom is 0.341 e. The number of carbonyl (C=O) groups excluding carboxylic acids is 3. The zero-order chi connectivity index (χ0) is 18.8. The number of hydrogen-bond donors (Lipinski definition) is 1. The van der Waals surface area contributed by atoms with Gasteiger partial charge < -0.3 is 20.0 Å². The van der Waals surface area contributed by atoms with Crippen LogP contribution in [0.2, 0.25) is 0 Å². The summed E-state index contributed by atoms with van der Waals surface area (Å²) in [6.45, 7) is 2.16. The van der Waals surface area contributed by atoms with E-state index in [2.05, 4.69) is 12.2 Å². The molecule has 0 aliphatic heterocycles. The van der Waals surface area contributed by atoms with Crippen LogP contribution >= 0.6 is 11.3 Å². The minimum atomic E-state index is -1.22. The molecule has 2 aliphatic carbocycles. The summed E-state index contributed by atoms with van der Waals surface area (Å²) in [4.78, 5) is 37.5. The molecule has 1 heterocycles. The molecule has 1 N–H and O–H groups in total. The number of aliphatic carboxylic acids is 1. The number of anilines is 1. The molecule has 6 nitrogen and oxygen atoms in total. The van der Waals surface area contributed by atoms with Gasteiger partial charge >= 0.3 is 5.97 Å². The van der Waals surface area contributed by atoms with Crippen molar-refractivity contribution in [3.8, 4) is 0 Å². The smallest absolute Gasteiger partial charge is 0.341 e. The van der Waals surface area contributed by atoms with E-state index in [0.717, 1.165) is 29.7 Å². The lowest BCUT2D eigenvalue weighted by Gasteiger charge is -2.28. The summed E-state index contributed by atoms with van der Waals surface area (Å²) < 4.78 is 4.92. The Morgan fingerprint density at radius 3 is 2.58 bits per heavy atom. The van der Waals surface area contributed by atoms with Gasteiger partial charge in [-0.15, -0.1) is 11.3 Å². The van der Waals surface area contributed by atoms with Crippen LogP contribution in [0.15, 0.2) is 12.2 Å². The van der Waals surface area contributed by atoms with Crippen molar-refractivity contribution in [3.05, 3.63) is 28.2 Å². The molecule has 0 radical (unpaired) electrons. The van der Waals surface area contributed by atoms with E-state index in [1.807, 2.05) is 6.08 Å². The lowest BCUT2D eigenvalue weighted by molar-refractivity contribution is -0.313. The first kappa shape index (κ1) is 18.6. The summed E-state index contributed by atoms with van der Waals surface area (Å²) in [5.41, 5.74) is 1.37. The lowest BCUT2D eigenvalue weighted by atomic mass is 9.82. The molecule has 3 atom stereocenters. The Bertz CT molecular complexity index is 766. The molecule has 140 valence electrons. The first-order chi connectivity index (χ1) is 12.4. The van der Waals surface area contributed by atoms with E-state index in [-0.39, 0.29) is 12.3 Å². The number of ether oxygens (including phenoxy) is 1. The fraction of sp³-hybridized carbons (Fsp3) is 0.526. The second kappa shape index (κ2) is 7.61. The highest BCUT2D eigenvalue weighted by molar-refractivity contribution is 7.17. The third kappa shape index (κ3) is 3.53. The van der Waals surface area contributed by atoms with E-state index >= 15 is 0 Å². The predicted molar refractivity (Wildman–Crippen MR) is 95.8 cm³/mol. The summed E-state index contributed by atoms with van der Waals surface area (Å²) >= 11 is 1.40. The number of esters is 1. The van der Waals surface area contributed by atoms with E-state index in [9.17, 15) is 19.5 Å². The molecular formula is C19H22NO5S-. The molecule has 1 amide bonds. The Hall–Kier alpha value is -2.15. The summed E-state index contributed by atoms with van der Waals surface area (Å²) in [6.07, 6.45) is 6.83. The van der Waals surface area contributed by atoms with Crippen molar-refractivity contribution >= 4 is 34.2 Å². The summed E-state index contributed by atoms with van der Waals surface area (Å²) in [5, 5.41) is 14.6. The molecule has 7 heteroatoms. The van der Waals surface area contributed by atoms with Gasteiger partial charge in [0.25, 0.3) is 0 Å². The number of methoxy groups -OCH3 is 1. The average molecular weight is 376 g/mol. The van der Waals surface area contributed by atoms with Crippen molar-refractivity contribution in [1.82, 2.24) is 0 Å². The third-order valence-electron chi connectivity index (χ3n) is 5.21. The Morgan fingerprint density at radius 1 is 1.23 bits per heavy atom. The number of allylic oxidation sites excluding steroid dienone is 2. The monoisotopic (exact) mass is 376 g/mol. The van der Waals surface area contributed by atoms with Gasteiger partial charge in [0, 0.05) is 16.8 Å². The molecular weight excluding hydrogens is 354 g/mol. The molecule has 3 rings (SSSR count).